The van der Waals surface area contributed by atoms with E-state index in [1.165, 1.54) is 0 Å². The van der Waals surface area contributed by atoms with Crippen molar-refractivity contribution in [1.29, 1.82) is 0 Å². The largest absolute Gasteiger partial charge is 0.493 e. The lowest BCUT2D eigenvalue weighted by Crippen LogP contribution is -2.12. The number of nitrogens with one attached hydrogen (secondary N) is 1. The predicted octanol–water partition coefficient (Wildman–Crippen LogP) is 3.33. The third kappa shape index (κ3) is 3.58. The van der Waals surface area contributed by atoms with Gasteiger partial charge in [-0.1, -0.05) is 12.0 Å². The van der Waals surface area contributed by atoms with Crippen LogP contribution in [0.1, 0.15) is 22.8 Å². The zero-order valence-corrected chi connectivity index (χ0v) is 12.6. The number of rotatable bonds is 5. The Morgan fingerprint density at radius 2 is 2.05 bits per heavy atom. The van der Waals surface area contributed by atoms with Crippen LogP contribution < -0.4 is 14.8 Å². The minimum Gasteiger partial charge on any atom is -0.493 e. The molecular weight excluding hydrogens is 278 g/mol. The molecule has 2 rings (SSSR count). The van der Waals surface area contributed by atoms with Crippen LogP contribution in [0.5, 0.6) is 11.5 Å². The van der Waals surface area contributed by atoms with Crippen LogP contribution in [0.25, 0.3) is 0 Å². The Balaban J connectivity index is 2.22. The van der Waals surface area contributed by atoms with Gasteiger partial charge in [-0.05, 0) is 43.3 Å². The van der Waals surface area contributed by atoms with Crippen LogP contribution in [0.2, 0.25) is 0 Å². The standard InChI is InChI=1S/C18H17NO3/c1-4-13-7-6-8-15(11-13)19-18(20)14-9-10-16(21-3)17(12-14)22-5-2/h1,6-12H,5H2,2-3H3,(H,19,20). The molecule has 0 aliphatic rings. The van der Waals surface area contributed by atoms with Crippen LogP contribution in [-0.4, -0.2) is 19.6 Å². The maximum absolute atomic E-state index is 12.3. The number of ether oxygens (including phenoxy) is 2. The average molecular weight is 295 g/mol. The first-order valence-electron chi connectivity index (χ1n) is 6.86. The van der Waals surface area contributed by atoms with Gasteiger partial charge in [0.15, 0.2) is 11.5 Å². The van der Waals surface area contributed by atoms with E-state index < -0.39 is 0 Å². The lowest BCUT2D eigenvalue weighted by molar-refractivity contribution is 0.102. The SMILES string of the molecule is C#Cc1cccc(NC(=O)c2ccc(OC)c(OCC)c2)c1. The summed E-state index contributed by atoms with van der Waals surface area (Å²) in [6.45, 7) is 2.36. The number of amides is 1. The van der Waals surface area contributed by atoms with Crippen LogP contribution in [-0.2, 0) is 0 Å². The van der Waals surface area contributed by atoms with Gasteiger partial charge >= 0.3 is 0 Å². The molecule has 2 aromatic carbocycles. The molecule has 0 aromatic heterocycles. The lowest BCUT2D eigenvalue weighted by Gasteiger charge is -2.11. The van der Waals surface area contributed by atoms with Crippen molar-refractivity contribution in [3.8, 4) is 23.8 Å². The zero-order chi connectivity index (χ0) is 15.9. The molecule has 1 amide bonds. The van der Waals surface area contributed by atoms with Crippen molar-refractivity contribution in [3.05, 3.63) is 53.6 Å². The molecule has 4 heteroatoms. The van der Waals surface area contributed by atoms with Crippen LogP contribution in [0.15, 0.2) is 42.5 Å². The minimum atomic E-state index is -0.238. The molecule has 0 atom stereocenters. The number of hydrogen-bond donors (Lipinski definition) is 1. The highest BCUT2D eigenvalue weighted by atomic mass is 16.5. The summed E-state index contributed by atoms with van der Waals surface area (Å²) >= 11 is 0. The molecule has 0 spiro atoms. The Bertz CT molecular complexity index is 717. The van der Waals surface area contributed by atoms with Gasteiger partial charge in [-0.3, -0.25) is 4.79 Å². The molecule has 0 fully saturated rings. The van der Waals surface area contributed by atoms with Crippen molar-refractivity contribution in [2.24, 2.45) is 0 Å². The van der Waals surface area contributed by atoms with Crippen LogP contribution in [0.4, 0.5) is 5.69 Å². The molecule has 2 aromatic rings. The maximum Gasteiger partial charge on any atom is 0.255 e. The van der Waals surface area contributed by atoms with Gasteiger partial charge in [-0.2, -0.15) is 0 Å². The van der Waals surface area contributed by atoms with E-state index in [1.807, 2.05) is 6.92 Å². The van der Waals surface area contributed by atoms with Gasteiger partial charge in [0.25, 0.3) is 5.91 Å². The molecule has 4 nitrogen and oxygen atoms in total. The smallest absolute Gasteiger partial charge is 0.255 e. The van der Waals surface area contributed by atoms with E-state index in [0.29, 0.717) is 34.9 Å². The Kier molecular flexibility index (Phi) is 5.05. The molecule has 112 valence electrons. The summed E-state index contributed by atoms with van der Waals surface area (Å²) in [5.41, 5.74) is 1.84. The monoisotopic (exact) mass is 295 g/mol. The molecule has 0 heterocycles. The molecule has 0 aliphatic heterocycles. The Labute approximate surface area is 130 Å². The lowest BCUT2D eigenvalue weighted by atomic mass is 10.1. The van der Waals surface area contributed by atoms with Gasteiger partial charge in [0.2, 0.25) is 0 Å². The first-order chi connectivity index (χ1) is 10.7. The van der Waals surface area contributed by atoms with Crippen LogP contribution in [0, 0.1) is 12.3 Å². The van der Waals surface area contributed by atoms with Crippen molar-refractivity contribution in [3.63, 3.8) is 0 Å². The summed E-state index contributed by atoms with van der Waals surface area (Å²) < 4.78 is 10.7. The molecule has 0 saturated carbocycles. The number of hydrogen-bond acceptors (Lipinski definition) is 3. The fourth-order valence-corrected chi connectivity index (χ4v) is 1.98. The Morgan fingerprint density at radius 1 is 1.23 bits per heavy atom. The first-order valence-corrected chi connectivity index (χ1v) is 6.86. The average Bonchev–Trinajstić information content (AvgIpc) is 2.55. The van der Waals surface area contributed by atoms with Crippen LogP contribution >= 0.6 is 0 Å². The quantitative estimate of drug-likeness (QED) is 0.861. The fraction of sp³-hybridized carbons (Fsp3) is 0.167. The summed E-state index contributed by atoms with van der Waals surface area (Å²) in [5.74, 6) is 3.42. The second kappa shape index (κ2) is 7.19. The minimum absolute atomic E-state index is 0.238. The summed E-state index contributed by atoms with van der Waals surface area (Å²) in [6.07, 6.45) is 5.35. The van der Waals surface area contributed by atoms with Crippen molar-refractivity contribution in [2.75, 3.05) is 19.0 Å². The van der Waals surface area contributed by atoms with E-state index in [-0.39, 0.29) is 5.91 Å². The van der Waals surface area contributed by atoms with Crippen molar-refractivity contribution < 1.29 is 14.3 Å². The molecule has 0 aliphatic carbocycles. The maximum atomic E-state index is 12.3. The molecule has 0 bridgehead atoms. The van der Waals surface area contributed by atoms with Gasteiger partial charge in [0.1, 0.15) is 0 Å². The van der Waals surface area contributed by atoms with Crippen molar-refractivity contribution in [1.82, 2.24) is 0 Å². The first kappa shape index (κ1) is 15.5. The van der Waals surface area contributed by atoms with E-state index >= 15 is 0 Å². The zero-order valence-electron chi connectivity index (χ0n) is 12.6. The predicted molar refractivity (Wildman–Crippen MR) is 86.5 cm³/mol. The third-order valence-corrected chi connectivity index (χ3v) is 3.01. The van der Waals surface area contributed by atoms with Crippen LogP contribution in [0.3, 0.4) is 0 Å². The number of benzene rings is 2. The van der Waals surface area contributed by atoms with E-state index in [1.54, 1.807) is 49.6 Å². The highest BCUT2D eigenvalue weighted by Gasteiger charge is 2.11. The molecule has 1 N–H and O–H groups in total. The van der Waals surface area contributed by atoms with E-state index in [2.05, 4.69) is 11.2 Å². The summed E-state index contributed by atoms with van der Waals surface area (Å²) in [6, 6.07) is 12.2. The normalized spacial score (nSPS) is 9.68. The Morgan fingerprint density at radius 3 is 2.73 bits per heavy atom. The summed E-state index contributed by atoms with van der Waals surface area (Å²) in [7, 11) is 1.56. The van der Waals surface area contributed by atoms with E-state index in [9.17, 15) is 4.79 Å². The highest BCUT2D eigenvalue weighted by Crippen LogP contribution is 2.28. The number of anilines is 1. The van der Waals surface area contributed by atoms with Crippen molar-refractivity contribution >= 4 is 11.6 Å². The number of terminal acetylenes is 1. The summed E-state index contributed by atoms with van der Waals surface area (Å²) in [4.78, 5) is 12.3. The Hall–Kier alpha value is -2.93. The number of carbonyl (C=O) groups is 1. The fourth-order valence-electron chi connectivity index (χ4n) is 1.98. The van der Waals surface area contributed by atoms with Gasteiger partial charge in [-0.15, -0.1) is 6.42 Å². The van der Waals surface area contributed by atoms with Gasteiger partial charge < -0.3 is 14.8 Å². The molecule has 22 heavy (non-hydrogen) atoms. The molecule has 0 radical (unpaired) electrons. The van der Waals surface area contributed by atoms with E-state index in [4.69, 9.17) is 15.9 Å². The van der Waals surface area contributed by atoms with Gasteiger partial charge in [0, 0.05) is 16.8 Å². The van der Waals surface area contributed by atoms with Gasteiger partial charge in [0.05, 0.1) is 13.7 Å². The van der Waals surface area contributed by atoms with Gasteiger partial charge in [-0.25, -0.2) is 0 Å². The van der Waals surface area contributed by atoms with E-state index in [0.717, 1.165) is 0 Å². The summed E-state index contributed by atoms with van der Waals surface area (Å²) in [5, 5.41) is 2.81. The molecule has 0 saturated heterocycles. The molecular formula is C18H17NO3. The molecule has 0 unspecified atom stereocenters. The second-order valence-electron chi connectivity index (χ2n) is 4.48. The third-order valence-electron chi connectivity index (χ3n) is 3.01. The highest BCUT2D eigenvalue weighted by molar-refractivity contribution is 6.04. The number of methoxy groups -OCH3 is 1. The van der Waals surface area contributed by atoms with Crippen molar-refractivity contribution in [2.45, 2.75) is 6.92 Å². The number of carbonyl (C=O) groups excluding carboxylic acids is 1. The topological polar surface area (TPSA) is 47.6 Å². The second-order valence-corrected chi connectivity index (χ2v) is 4.48.